The maximum absolute atomic E-state index is 12.4. The Bertz CT molecular complexity index is 564. The quantitative estimate of drug-likeness (QED) is 0.844. The van der Waals surface area contributed by atoms with E-state index in [1.165, 1.54) is 10.4 Å². The van der Waals surface area contributed by atoms with Crippen LogP contribution in [-0.4, -0.2) is 29.0 Å². The molecule has 1 N–H and O–H groups in total. The maximum Gasteiger partial charge on any atom is 0.270 e. The molecular formula is C13H15N3O2S. The first kappa shape index (κ1) is 12.3. The molecule has 0 saturated carbocycles. The Morgan fingerprint density at radius 2 is 2.32 bits per heavy atom. The second-order valence-electron chi connectivity index (χ2n) is 4.82. The number of thiophene rings is 1. The molecule has 0 saturated heterocycles. The van der Waals surface area contributed by atoms with Crippen LogP contribution in [0.25, 0.3) is 0 Å². The van der Waals surface area contributed by atoms with Gasteiger partial charge in [-0.1, -0.05) is 0 Å². The van der Waals surface area contributed by atoms with E-state index in [0.29, 0.717) is 18.6 Å². The number of amides is 2. The molecule has 100 valence electrons. The van der Waals surface area contributed by atoms with E-state index in [9.17, 15) is 9.59 Å². The van der Waals surface area contributed by atoms with Gasteiger partial charge in [-0.15, -0.1) is 11.3 Å². The Hall–Kier alpha value is -1.69. The number of carbonyl (C=O) groups is 2. The molecule has 1 aromatic heterocycles. The summed E-state index contributed by atoms with van der Waals surface area (Å²) < 4.78 is 0. The summed E-state index contributed by atoms with van der Waals surface area (Å²) >= 11 is 1.75. The number of fused-ring (bicyclic) bond motifs is 1. The van der Waals surface area contributed by atoms with E-state index >= 15 is 0 Å². The van der Waals surface area contributed by atoms with Crippen LogP contribution in [-0.2, 0) is 16.0 Å². The average molecular weight is 277 g/mol. The molecule has 1 aromatic rings. The zero-order chi connectivity index (χ0) is 13.4. The number of nitrogens with zero attached hydrogens (tertiary/aromatic N) is 2. The smallest absolute Gasteiger partial charge is 0.270 e. The maximum atomic E-state index is 12.4. The van der Waals surface area contributed by atoms with E-state index < -0.39 is 0 Å². The van der Waals surface area contributed by atoms with Crippen molar-refractivity contribution in [3.63, 3.8) is 0 Å². The lowest BCUT2D eigenvalue weighted by molar-refractivity contribution is -0.126. The van der Waals surface area contributed by atoms with Crippen molar-refractivity contribution in [2.45, 2.75) is 32.2 Å². The minimum atomic E-state index is -0.122. The molecule has 19 heavy (non-hydrogen) atoms. The van der Waals surface area contributed by atoms with Crippen molar-refractivity contribution in [3.05, 3.63) is 21.9 Å². The highest BCUT2D eigenvalue weighted by atomic mass is 32.1. The van der Waals surface area contributed by atoms with Crippen LogP contribution >= 0.6 is 11.3 Å². The topological polar surface area (TPSA) is 61.8 Å². The van der Waals surface area contributed by atoms with Gasteiger partial charge in [0.15, 0.2) is 0 Å². The van der Waals surface area contributed by atoms with Crippen LogP contribution in [0.5, 0.6) is 0 Å². The largest absolute Gasteiger partial charge is 0.330 e. The molecule has 1 atom stereocenters. The monoisotopic (exact) mass is 277 g/mol. The Morgan fingerprint density at radius 1 is 1.47 bits per heavy atom. The Balaban J connectivity index is 1.80. The van der Waals surface area contributed by atoms with E-state index in [1.807, 2.05) is 11.8 Å². The van der Waals surface area contributed by atoms with Crippen LogP contribution in [0.2, 0.25) is 0 Å². The molecule has 2 aliphatic heterocycles. The highest BCUT2D eigenvalue weighted by Gasteiger charge is 2.31. The van der Waals surface area contributed by atoms with Crippen molar-refractivity contribution in [3.8, 4) is 0 Å². The third-order valence-corrected chi connectivity index (χ3v) is 4.69. The number of rotatable bonds is 1. The summed E-state index contributed by atoms with van der Waals surface area (Å²) in [6.45, 7) is 2.77. The van der Waals surface area contributed by atoms with E-state index in [0.717, 1.165) is 13.0 Å². The molecule has 0 bridgehead atoms. The van der Waals surface area contributed by atoms with Gasteiger partial charge in [-0.25, -0.2) is 5.43 Å². The molecule has 3 rings (SSSR count). The van der Waals surface area contributed by atoms with Gasteiger partial charge < -0.3 is 4.90 Å². The molecule has 0 spiro atoms. The summed E-state index contributed by atoms with van der Waals surface area (Å²) in [6.07, 6.45) is 1.68. The van der Waals surface area contributed by atoms with Gasteiger partial charge in [-0.2, -0.15) is 5.10 Å². The van der Waals surface area contributed by atoms with Crippen LogP contribution < -0.4 is 5.43 Å². The van der Waals surface area contributed by atoms with Gasteiger partial charge in [-0.3, -0.25) is 9.59 Å². The number of hydrazone groups is 1. The molecule has 5 nitrogen and oxygen atoms in total. The van der Waals surface area contributed by atoms with Crippen molar-refractivity contribution in [2.75, 3.05) is 6.54 Å². The molecule has 0 aliphatic carbocycles. The first-order chi connectivity index (χ1) is 9.16. The number of hydrogen-bond acceptors (Lipinski definition) is 4. The SMILES string of the molecule is C[C@@H]1c2ccsc2CCN1C(=O)C1=NNC(=O)CC1. The molecular weight excluding hydrogens is 262 g/mol. The van der Waals surface area contributed by atoms with E-state index in [1.54, 1.807) is 11.3 Å². The second-order valence-corrected chi connectivity index (χ2v) is 5.82. The number of carbonyl (C=O) groups excluding carboxylic acids is 2. The molecule has 6 heteroatoms. The van der Waals surface area contributed by atoms with Crippen molar-refractivity contribution < 1.29 is 9.59 Å². The lowest BCUT2D eigenvalue weighted by atomic mass is 10.00. The van der Waals surface area contributed by atoms with E-state index in [4.69, 9.17) is 0 Å². The fourth-order valence-corrected chi connectivity index (χ4v) is 3.54. The third kappa shape index (κ3) is 2.16. The average Bonchev–Trinajstić information content (AvgIpc) is 2.88. The zero-order valence-corrected chi connectivity index (χ0v) is 11.5. The van der Waals surface area contributed by atoms with Gasteiger partial charge in [0.25, 0.3) is 5.91 Å². The lowest BCUT2D eigenvalue weighted by Gasteiger charge is -2.34. The summed E-state index contributed by atoms with van der Waals surface area (Å²) in [7, 11) is 0. The lowest BCUT2D eigenvalue weighted by Crippen LogP contribution is -2.44. The molecule has 0 fully saturated rings. The van der Waals surface area contributed by atoms with Crippen LogP contribution in [0.4, 0.5) is 0 Å². The minimum absolute atomic E-state index is 0.0515. The summed E-state index contributed by atoms with van der Waals surface area (Å²) in [6, 6.07) is 2.18. The molecule has 0 aromatic carbocycles. The van der Waals surface area contributed by atoms with Crippen molar-refractivity contribution >= 4 is 28.9 Å². The zero-order valence-electron chi connectivity index (χ0n) is 10.7. The van der Waals surface area contributed by atoms with E-state index in [-0.39, 0.29) is 17.9 Å². The molecule has 2 amide bonds. The van der Waals surface area contributed by atoms with Gasteiger partial charge in [0, 0.05) is 24.3 Å². The second kappa shape index (κ2) is 4.77. The Morgan fingerprint density at radius 3 is 3.05 bits per heavy atom. The van der Waals surface area contributed by atoms with Crippen LogP contribution in [0, 0.1) is 0 Å². The normalized spacial score (nSPS) is 22.6. The summed E-state index contributed by atoms with van der Waals surface area (Å²) in [5.74, 6) is -0.173. The predicted molar refractivity (Wildman–Crippen MR) is 73.0 cm³/mol. The summed E-state index contributed by atoms with van der Waals surface area (Å²) in [5.41, 5.74) is 4.09. The van der Waals surface area contributed by atoms with Crippen molar-refractivity contribution in [1.82, 2.24) is 10.3 Å². The molecule has 0 unspecified atom stereocenters. The predicted octanol–water partition coefficient (Wildman–Crippen LogP) is 1.46. The summed E-state index contributed by atoms with van der Waals surface area (Å²) in [5, 5.41) is 5.97. The van der Waals surface area contributed by atoms with Gasteiger partial charge in [-0.05, 0) is 30.4 Å². The van der Waals surface area contributed by atoms with Crippen molar-refractivity contribution in [2.24, 2.45) is 5.10 Å². The number of nitrogens with one attached hydrogen (secondary N) is 1. The van der Waals surface area contributed by atoms with Gasteiger partial charge in [0.2, 0.25) is 5.91 Å². The Kier molecular flexibility index (Phi) is 3.10. The molecule has 0 radical (unpaired) electrons. The first-order valence-electron chi connectivity index (χ1n) is 6.39. The standard InChI is InChI=1S/C13H15N3O2S/c1-8-9-5-7-19-11(9)4-6-16(8)13(18)10-2-3-12(17)15-14-10/h5,7-8H,2-4,6H2,1H3,(H,15,17)/t8-/m1/s1. The Labute approximate surface area is 115 Å². The summed E-state index contributed by atoms with van der Waals surface area (Å²) in [4.78, 5) is 26.7. The van der Waals surface area contributed by atoms with Gasteiger partial charge in [0.05, 0.1) is 6.04 Å². The minimum Gasteiger partial charge on any atom is -0.330 e. The first-order valence-corrected chi connectivity index (χ1v) is 7.27. The highest BCUT2D eigenvalue weighted by molar-refractivity contribution is 7.10. The van der Waals surface area contributed by atoms with Crippen LogP contribution in [0.3, 0.4) is 0 Å². The van der Waals surface area contributed by atoms with Crippen LogP contribution in [0.15, 0.2) is 16.5 Å². The third-order valence-electron chi connectivity index (χ3n) is 3.69. The fourth-order valence-electron chi connectivity index (χ4n) is 2.58. The van der Waals surface area contributed by atoms with Gasteiger partial charge >= 0.3 is 0 Å². The van der Waals surface area contributed by atoms with Crippen molar-refractivity contribution in [1.29, 1.82) is 0 Å². The highest BCUT2D eigenvalue weighted by Crippen LogP contribution is 2.33. The molecule has 2 aliphatic rings. The number of hydrogen-bond donors (Lipinski definition) is 1. The van der Waals surface area contributed by atoms with E-state index in [2.05, 4.69) is 22.0 Å². The molecule has 3 heterocycles. The van der Waals surface area contributed by atoms with Crippen LogP contribution in [0.1, 0.15) is 36.2 Å². The fraction of sp³-hybridized carbons (Fsp3) is 0.462. The van der Waals surface area contributed by atoms with Gasteiger partial charge in [0.1, 0.15) is 5.71 Å².